The van der Waals surface area contributed by atoms with Crippen molar-refractivity contribution in [1.29, 1.82) is 0 Å². The van der Waals surface area contributed by atoms with E-state index < -0.39 is 6.10 Å². The molecule has 2 aromatic rings. The molecule has 3 rings (SSSR count). The number of hydrogen-bond acceptors (Lipinski definition) is 4. The minimum absolute atomic E-state index is 0.439. The van der Waals surface area contributed by atoms with E-state index in [2.05, 4.69) is 9.97 Å². The van der Waals surface area contributed by atoms with Crippen molar-refractivity contribution in [2.75, 3.05) is 11.9 Å². The number of para-hydroxylation sites is 1. The molecule has 18 heavy (non-hydrogen) atoms. The normalized spacial score (nSPS) is 17.6. The number of benzene rings is 1. The van der Waals surface area contributed by atoms with E-state index in [4.69, 9.17) is 0 Å². The van der Waals surface area contributed by atoms with Gasteiger partial charge in [0.2, 0.25) is 0 Å². The van der Waals surface area contributed by atoms with Gasteiger partial charge in [0.05, 0.1) is 11.8 Å². The van der Waals surface area contributed by atoms with Gasteiger partial charge in [0, 0.05) is 18.3 Å². The van der Waals surface area contributed by atoms with Crippen molar-refractivity contribution in [3.63, 3.8) is 0 Å². The zero-order chi connectivity index (χ0) is 12.5. The molecule has 1 heterocycles. The van der Waals surface area contributed by atoms with E-state index in [9.17, 15) is 5.11 Å². The van der Waals surface area contributed by atoms with Crippen molar-refractivity contribution in [1.82, 2.24) is 9.97 Å². The molecule has 1 unspecified atom stereocenters. The fourth-order valence-corrected chi connectivity index (χ4v) is 2.42. The Bertz CT molecular complexity index is 556. The van der Waals surface area contributed by atoms with Gasteiger partial charge in [0.15, 0.2) is 0 Å². The molecule has 1 aliphatic carbocycles. The first-order chi connectivity index (χ1) is 8.77. The molecule has 1 aromatic heterocycles. The maximum Gasteiger partial charge on any atom is 0.139 e. The molecule has 1 aromatic carbocycles. The Labute approximate surface area is 106 Å². The summed E-state index contributed by atoms with van der Waals surface area (Å²) < 4.78 is 0. The molecular formula is C14H15N3O. The Hall–Kier alpha value is -1.94. The third-order valence-corrected chi connectivity index (χ3v) is 3.40. The second-order valence-corrected chi connectivity index (χ2v) is 4.51. The number of rotatable bonds is 2. The van der Waals surface area contributed by atoms with Gasteiger partial charge in [-0.25, -0.2) is 9.97 Å². The average Bonchev–Trinajstić information content (AvgIpc) is 2.81. The Morgan fingerprint density at radius 1 is 1.22 bits per heavy atom. The predicted molar refractivity (Wildman–Crippen MR) is 69.8 cm³/mol. The molecule has 4 nitrogen and oxygen atoms in total. The number of hydrogen-bond donors (Lipinski definition) is 1. The number of aliphatic hydroxyl groups excluding tert-OH is 1. The van der Waals surface area contributed by atoms with Crippen molar-refractivity contribution in [3.8, 4) is 0 Å². The second kappa shape index (κ2) is 4.38. The van der Waals surface area contributed by atoms with Crippen LogP contribution < -0.4 is 4.90 Å². The summed E-state index contributed by atoms with van der Waals surface area (Å²) in [6.07, 6.45) is 2.67. The van der Waals surface area contributed by atoms with Crippen LogP contribution in [0.25, 0.3) is 0 Å². The van der Waals surface area contributed by atoms with E-state index >= 15 is 0 Å². The molecular weight excluding hydrogens is 226 g/mol. The lowest BCUT2D eigenvalue weighted by atomic mass is 10.2. The lowest BCUT2D eigenvalue weighted by molar-refractivity contribution is 0.175. The van der Waals surface area contributed by atoms with Gasteiger partial charge < -0.3 is 10.0 Å². The lowest BCUT2D eigenvalue weighted by Crippen LogP contribution is -2.14. The molecule has 1 N–H and O–H groups in total. The molecule has 0 radical (unpaired) electrons. The van der Waals surface area contributed by atoms with Crippen LogP contribution in [0.5, 0.6) is 0 Å². The average molecular weight is 241 g/mol. The van der Waals surface area contributed by atoms with Crippen LogP contribution in [-0.2, 0) is 6.42 Å². The molecule has 1 atom stereocenters. The van der Waals surface area contributed by atoms with Gasteiger partial charge in [-0.1, -0.05) is 18.2 Å². The fraction of sp³-hybridized carbons (Fsp3) is 0.286. The highest BCUT2D eigenvalue weighted by Crippen LogP contribution is 2.35. The van der Waals surface area contributed by atoms with Crippen molar-refractivity contribution >= 4 is 11.5 Å². The topological polar surface area (TPSA) is 49.2 Å². The van der Waals surface area contributed by atoms with Crippen LogP contribution in [0, 0.1) is 0 Å². The summed E-state index contributed by atoms with van der Waals surface area (Å²) in [4.78, 5) is 10.6. The van der Waals surface area contributed by atoms with E-state index in [0.717, 1.165) is 35.6 Å². The predicted octanol–water partition coefficient (Wildman–Crippen LogP) is 2.22. The molecule has 4 heteroatoms. The molecule has 0 fully saturated rings. The van der Waals surface area contributed by atoms with Crippen LogP contribution in [0.3, 0.4) is 0 Å². The van der Waals surface area contributed by atoms with Crippen LogP contribution in [0.15, 0.2) is 36.7 Å². The molecule has 92 valence electrons. The van der Waals surface area contributed by atoms with Gasteiger partial charge in [-0.3, -0.25) is 0 Å². The first-order valence-electron chi connectivity index (χ1n) is 6.08. The highest BCUT2D eigenvalue weighted by molar-refractivity contribution is 5.63. The van der Waals surface area contributed by atoms with E-state index in [1.54, 1.807) is 0 Å². The number of aromatic nitrogens is 2. The molecule has 0 amide bonds. The first kappa shape index (κ1) is 11.2. The maximum atomic E-state index is 9.85. The van der Waals surface area contributed by atoms with Crippen molar-refractivity contribution in [3.05, 3.63) is 47.9 Å². The molecule has 0 spiro atoms. The van der Waals surface area contributed by atoms with E-state index in [0.29, 0.717) is 0 Å². The van der Waals surface area contributed by atoms with Gasteiger partial charge in [-0.2, -0.15) is 0 Å². The Balaban J connectivity index is 2.04. The molecule has 0 bridgehead atoms. The highest BCUT2D eigenvalue weighted by Gasteiger charge is 2.26. The van der Waals surface area contributed by atoms with Gasteiger partial charge in [-0.15, -0.1) is 0 Å². The van der Waals surface area contributed by atoms with Crippen molar-refractivity contribution in [2.45, 2.75) is 18.9 Å². The number of fused-ring (bicyclic) bond motifs is 1. The molecule has 0 saturated heterocycles. The third kappa shape index (κ3) is 1.75. The smallest absolute Gasteiger partial charge is 0.139 e. The van der Waals surface area contributed by atoms with E-state index in [-0.39, 0.29) is 0 Å². The largest absolute Gasteiger partial charge is 0.387 e. The van der Waals surface area contributed by atoms with Crippen LogP contribution in [0.4, 0.5) is 11.5 Å². The van der Waals surface area contributed by atoms with Crippen LogP contribution in [0.2, 0.25) is 0 Å². The number of anilines is 2. The number of nitrogens with zero attached hydrogens (tertiary/aromatic N) is 3. The van der Waals surface area contributed by atoms with Crippen molar-refractivity contribution in [2.24, 2.45) is 0 Å². The minimum Gasteiger partial charge on any atom is -0.387 e. The second-order valence-electron chi connectivity index (χ2n) is 4.51. The van der Waals surface area contributed by atoms with Crippen LogP contribution in [-0.4, -0.2) is 22.1 Å². The zero-order valence-electron chi connectivity index (χ0n) is 10.2. The van der Waals surface area contributed by atoms with E-state index in [1.165, 1.54) is 6.33 Å². The Kier molecular flexibility index (Phi) is 2.72. The highest BCUT2D eigenvalue weighted by atomic mass is 16.3. The summed E-state index contributed by atoms with van der Waals surface area (Å²) in [6, 6.07) is 10.1. The van der Waals surface area contributed by atoms with Crippen LogP contribution in [0.1, 0.15) is 23.8 Å². The van der Waals surface area contributed by atoms with Crippen LogP contribution >= 0.6 is 0 Å². The first-order valence-corrected chi connectivity index (χ1v) is 6.08. The summed E-state index contributed by atoms with van der Waals surface area (Å²) in [5.74, 6) is 0.891. The summed E-state index contributed by atoms with van der Waals surface area (Å²) in [5, 5.41) is 9.85. The van der Waals surface area contributed by atoms with Gasteiger partial charge in [0.1, 0.15) is 12.1 Å². The Morgan fingerprint density at radius 3 is 2.78 bits per heavy atom. The minimum atomic E-state index is -0.439. The summed E-state index contributed by atoms with van der Waals surface area (Å²) in [5.41, 5.74) is 2.93. The standard InChI is InChI=1S/C14H15N3O/c1-17(10-5-3-2-4-6-10)14-11-7-8-12(18)13(11)15-9-16-14/h2-6,9,12,18H,7-8H2,1H3. The lowest BCUT2D eigenvalue weighted by Gasteiger charge is -2.20. The monoisotopic (exact) mass is 241 g/mol. The molecule has 1 aliphatic rings. The molecule has 0 saturated carbocycles. The molecule has 0 aliphatic heterocycles. The van der Waals surface area contributed by atoms with E-state index in [1.807, 2.05) is 42.3 Å². The maximum absolute atomic E-state index is 9.85. The SMILES string of the molecule is CN(c1ccccc1)c1ncnc2c1CCC2O. The summed E-state index contributed by atoms with van der Waals surface area (Å²) in [7, 11) is 1.99. The number of aliphatic hydroxyl groups is 1. The zero-order valence-corrected chi connectivity index (χ0v) is 10.2. The Morgan fingerprint density at radius 2 is 2.00 bits per heavy atom. The third-order valence-electron chi connectivity index (χ3n) is 3.40. The van der Waals surface area contributed by atoms with Gasteiger partial charge in [-0.05, 0) is 25.0 Å². The summed E-state index contributed by atoms with van der Waals surface area (Å²) >= 11 is 0. The van der Waals surface area contributed by atoms with Gasteiger partial charge >= 0.3 is 0 Å². The summed E-state index contributed by atoms with van der Waals surface area (Å²) in [6.45, 7) is 0. The quantitative estimate of drug-likeness (QED) is 0.876. The van der Waals surface area contributed by atoms with Crippen molar-refractivity contribution < 1.29 is 5.11 Å². The van der Waals surface area contributed by atoms with Gasteiger partial charge in [0.25, 0.3) is 0 Å². The fourth-order valence-electron chi connectivity index (χ4n) is 2.42.